The first-order valence-electron chi connectivity index (χ1n) is 7.53. The highest BCUT2D eigenvalue weighted by atomic mass is 16.2. The minimum Gasteiger partial charge on any atom is -0.346 e. The highest BCUT2D eigenvalue weighted by Crippen LogP contribution is 2.16. The van der Waals surface area contributed by atoms with Crippen LogP contribution in [0.5, 0.6) is 0 Å². The zero-order valence-corrected chi connectivity index (χ0v) is 14.1. The van der Waals surface area contributed by atoms with Crippen molar-refractivity contribution in [2.75, 3.05) is 20.6 Å². The molecule has 22 heavy (non-hydrogen) atoms. The fourth-order valence-electron chi connectivity index (χ4n) is 2.46. The van der Waals surface area contributed by atoms with Crippen LogP contribution in [0.2, 0.25) is 0 Å². The molecule has 1 aromatic carbocycles. The van der Waals surface area contributed by atoms with Crippen molar-refractivity contribution in [2.45, 2.75) is 32.7 Å². The van der Waals surface area contributed by atoms with Crippen molar-refractivity contribution in [3.63, 3.8) is 0 Å². The van der Waals surface area contributed by atoms with Crippen LogP contribution in [0.15, 0.2) is 24.3 Å². The summed E-state index contributed by atoms with van der Waals surface area (Å²) in [6.45, 7) is 6.53. The Morgan fingerprint density at radius 3 is 2.09 bits per heavy atom. The Bertz CT molecular complexity index is 523. The van der Waals surface area contributed by atoms with Gasteiger partial charge < -0.3 is 16.0 Å². The van der Waals surface area contributed by atoms with E-state index in [-0.39, 0.29) is 11.8 Å². The number of amides is 2. The van der Waals surface area contributed by atoms with Gasteiger partial charge >= 0.3 is 0 Å². The number of nitrogens with zero attached hydrogens (tertiary/aromatic N) is 1. The molecule has 0 aliphatic heterocycles. The van der Waals surface area contributed by atoms with Crippen molar-refractivity contribution in [3.8, 4) is 0 Å². The van der Waals surface area contributed by atoms with Crippen LogP contribution in [-0.2, 0) is 0 Å². The summed E-state index contributed by atoms with van der Waals surface area (Å²) in [4.78, 5) is 25.7. The number of rotatable bonds is 6. The third-order valence-electron chi connectivity index (χ3n) is 3.52. The summed E-state index contributed by atoms with van der Waals surface area (Å²) >= 11 is 0. The Kier molecular flexibility index (Phi) is 6.11. The number of benzene rings is 1. The molecule has 0 aliphatic carbocycles. The lowest BCUT2D eigenvalue weighted by atomic mass is 9.90. The second kappa shape index (κ2) is 7.40. The second-order valence-corrected chi connectivity index (χ2v) is 6.59. The molecule has 0 fully saturated rings. The standard InChI is InChI=1S/C17H27N3O2/c1-12(2)10-17(3,11-18)19-15(21)13-6-8-14(9-7-13)16(22)20(4)5/h6-9,12H,10-11,18H2,1-5H3,(H,19,21). The van der Waals surface area contributed by atoms with Gasteiger partial charge in [-0.25, -0.2) is 0 Å². The van der Waals surface area contributed by atoms with Gasteiger partial charge in [-0.3, -0.25) is 9.59 Å². The number of nitrogens with one attached hydrogen (secondary N) is 1. The Labute approximate surface area is 132 Å². The van der Waals surface area contributed by atoms with Gasteiger partial charge in [0.15, 0.2) is 0 Å². The van der Waals surface area contributed by atoms with Crippen LogP contribution in [0.25, 0.3) is 0 Å². The van der Waals surface area contributed by atoms with Gasteiger partial charge in [0, 0.05) is 37.3 Å². The molecule has 0 bridgehead atoms. The van der Waals surface area contributed by atoms with E-state index in [0.717, 1.165) is 6.42 Å². The Morgan fingerprint density at radius 2 is 1.68 bits per heavy atom. The van der Waals surface area contributed by atoms with E-state index in [9.17, 15) is 9.59 Å². The predicted octanol–water partition coefficient (Wildman–Crippen LogP) is 1.88. The third-order valence-corrected chi connectivity index (χ3v) is 3.52. The molecule has 122 valence electrons. The van der Waals surface area contributed by atoms with Gasteiger partial charge in [0.25, 0.3) is 11.8 Å². The predicted molar refractivity (Wildman–Crippen MR) is 88.8 cm³/mol. The van der Waals surface area contributed by atoms with Gasteiger partial charge in [-0.2, -0.15) is 0 Å². The molecule has 0 saturated heterocycles. The SMILES string of the molecule is CC(C)CC(C)(CN)NC(=O)c1ccc(C(=O)N(C)C)cc1. The average molecular weight is 305 g/mol. The van der Waals surface area contributed by atoms with Crippen LogP contribution < -0.4 is 11.1 Å². The molecule has 1 unspecified atom stereocenters. The van der Waals surface area contributed by atoms with Crippen LogP contribution in [0, 0.1) is 5.92 Å². The number of nitrogens with two attached hydrogens (primary N) is 1. The van der Waals surface area contributed by atoms with Crippen molar-refractivity contribution in [1.29, 1.82) is 0 Å². The van der Waals surface area contributed by atoms with Gasteiger partial charge in [0.2, 0.25) is 0 Å². The minimum atomic E-state index is -0.427. The summed E-state index contributed by atoms with van der Waals surface area (Å²) in [5.74, 6) is 0.185. The van der Waals surface area contributed by atoms with Gasteiger partial charge in [-0.05, 0) is 43.5 Å². The first kappa shape index (κ1) is 18.2. The van der Waals surface area contributed by atoms with Gasteiger partial charge in [0.05, 0.1) is 0 Å². The lowest BCUT2D eigenvalue weighted by molar-refractivity contribution is 0.0825. The molecular weight excluding hydrogens is 278 g/mol. The molecule has 3 N–H and O–H groups in total. The molecule has 2 amide bonds. The van der Waals surface area contributed by atoms with Crippen molar-refractivity contribution < 1.29 is 9.59 Å². The molecule has 0 radical (unpaired) electrons. The van der Waals surface area contributed by atoms with Crippen molar-refractivity contribution >= 4 is 11.8 Å². The van der Waals surface area contributed by atoms with Gasteiger partial charge in [-0.15, -0.1) is 0 Å². The van der Waals surface area contributed by atoms with E-state index >= 15 is 0 Å². The smallest absolute Gasteiger partial charge is 0.253 e. The normalized spacial score (nSPS) is 13.6. The first-order valence-corrected chi connectivity index (χ1v) is 7.53. The quantitative estimate of drug-likeness (QED) is 0.842. The number of carbonyl (C=O) groups is 2. The van der Waals surface area contributed by atoms with E-state index in [1.807, 2.05) is 6.92 Å². The lowest BCUT2D eigenvalue weighted by Crippen LogP contribution is -2.52. The number of hydrogen-bond acceptors (Lipinski definition) is 3. The fraction of sp³-hybridized carbons (Fsp3) is 0.529. The summed E-state index contributed by atoms with van der Waals surface area (Å²) < 4.78 is 0. The van der Waals surface area contributed by atoms with Crippen LogP contribution in [0.4, 0.5) is 0 Å². The van der Waals surface area contributed by atoms with Gasteiger partial charge in [-0.1, -0.05) is 13.8 Å². The zero-order chi connectivity index (χ0) is 16.9. The minimum absolute atomic E-state index is 0.0847. The maximum absolute atomic E-state index is 12.4. The Hall–Kier alpha value is -1.88. The maximum Gasteiger partial charge on any atom is 0.253 e. The zero-order valence-electron chi connectivity index (χ0n) is 14.1. The van der Waals surface area contributed by atoms with Crippen molar-refractivity contribution in [1.82, 2.24) is 10.2 Å². The van der Waals surface area contributed by atoms with Gasteiger partial charge in [0.1, 0.15) is 0 Å². The van der Waals surface area contributed by atoms with E-state index in [1.165, 1.54) is 4.90 Å². The molecule has 1 atom stereocenters. The Morgan fingerprint density at radius 1 is 1.18 bits per heavy atom. The fourth-order valence-corrected chi connectivity index (χ4v) is 2.46. The second-order valence-electron chi connectivity index (χ2n) is 6.59. The van der Waals surface area contributed by atoms with E-state index in [2.05, 4.69) is 19.2 Å². The van der Waals surface area contributed by atoms with Crippen LogP contribution in [-0.4, -0.2) is 42.9 Å². The molecule has 1 rings (SSSR count). The number of hydrogen-bond donors (Lipinski definition) is 2. The summed E-state index contributed by atoms with van der Waals surface area (Å²) in [6.07, 6.45) is 0.812. The highest BCUT2D eigenvalue weighted by molar-refractivity contribution is 5.97. The molecule has 0 spiro atoms. The molecule has 5 heteroatoms. The molecule has 0 heterocycles. The largest absolute Gasteiger partial charge is 0.346 e. The first-order chi connectivity index (χ1) is 10.2. The summed E-state index contributed by atoms with van der Waals surface area (Å²) in [5, 5.41) is 3.00. The van der Waals surface area contributed by atoms with E-state index in [0.29, 0.717) is 23.6 Å². The summed E-state index contributed by atoms with van der Waals surface area (Å²) in [5.41, 5.74) is 6.47. The average Bonchev–Trinajstić information content (AvgIpc) is 2.45. The molecule has 0 aliphatic rings. The molecule has 0 saturated carbocycles. The molecular formula is C17H27N3O2. The maximum atomic E-state index is 12.4. The van der Waals surface area contributed by atoms with Crippen molar-refractivity contribution in [3.05, 3.63) is 35.4 Å². The van der Waals surface area contributed by atoms with Crippen LogP contribution >= 0.6 is 0 Å². The van der Waals surface area contributed by atoms with E-state index in [1.54, 1.807) is 38.4 Å². The summed E-state index contributed by atoms with van der Waals surface area (Å²) in [7, 11) is 3.39. The molecule has 0 aromatic heterocycles. The lowest BCUT2D eigenvalue weighted by Gasteiger charge is -2.31. The monoisotopic (exact) mass is 305 g/mol. The Balaban J connectivity index is 2.83. The highest BCUT2D eigenvalue weighted by Gasteiger charge is 2.26. The number of carbonyl (C=O) groups excluding carboxylic acids is 2. The van der Waals surface area contributed by atoms with Crippen molar-refractivity contribution in [2.24, 2.45) is 11.7 Å². The topological polar surface area (TPSA) is 75.4 Å². The van der Waals surface area contributed by atoms with E-state index in [4.69, 9.17) is 5.73 Å². The molecule has 1 aromatic rings. The summed E-state index contributed by atoms with van der Waals surface area (Å²) in [6, 6.07) is 6.66. The third kappa shape index (κ3) is 4.84. The molecule has 5 nitrogen and oxygen atoms in total. The van der Waals surface area contributed by atoms with Crippen LogP contribution in [0.3, 0.4) is 0 Å². The van der Waals surface area contributed by atoms with Crippen LogP contribution in [0.1, 0.15) is 47.9 Å². The van der Waals surface area contributed by atoms with E-state index < -0.39 is 5.54 Å².